The molecule has 1 heterocycles. The van der Waals surface area contributed by atoms with Crippen molar-refractivity contribution < 1.29 is 18.7 Å². The van der Waals surface area contributed by atoms with E-state index >= 15 is 0 Å². The Hall–Kier alpha value is -4.66. The van der Waals surface area contributed by atoms with Crippen LogP contribution in [0, 0.1) is 5.82 Å². The molecular formula is C26H24FN5O3. The molecule has 4 rings (SSSR count). The third-order valence-electron chi connectivity index (χ3n) is 5.10. The second kappa shape index (κ2) is 11.0. The number of anilines is 1. The lowest BCUT2D eigenvalue weighted by molar-refractivity contribution is 0.100. The molecule has 0 aliphatic rings. The van der Waals surface area contributed by atoms with Gasteiger partial charge >= 0.3 is 0 Å². The Balaban J connectivity index is 1.57. The molecular weight excluding hydrogens is 449 g/mol. The molecule has 0 fully saturated rings. The number of halogens is 1. The smallest absolute Gasteiger partial charge is 0.280 e. The molecule has 0 radical (unpaired) electrons. The van der Waals surface area contributed by atoms with Gasteiger partial charge in [-0.05, 0) is 60.2 Å². The number of amides is 1. The molecule has 0 saturated carbocycles. The lowest BCUT2D eigenvalue weighted by atomic mass is 10.1. The lowest BCUT2D eigenvalue weighted by Crippen LogP contribution is -2.31. The molecule has 0 aliphatic carbocycles. The Kier molecular flexibility index (Phi) is 7.37. The van der Waals surface area contributed by atoms with Gasteiger partial charge in [0.2, 0.25) is 5.96 Å². The predicted octanol–water partition coefficient (Wildman–Crippen LogP) is 4.63. The van der Waals surface area contributed by atoms with Gasteiger partial charge in [-0.3, -0.25) is 9.89 Å². The summed E-state index contributed by atoms with van der Waals surface area (Å²) in [6.07, 6.45) is 0. The zero-order valence-corrected chi connectivity index (χ0v) is 19.2. The van der Waals surface area contributed by atoms with Crippen molar-refractivity contribution in [3.8, 4) is 22.8 Å². The molecule has 3 N–H and O–H groups in total. The standard InChI is InChI=1S/C26H24FN5O3/c1-34-21-7-3-5-17(13-21)16-28-26(30-25(33)19-6-4-8-22(14-19)35-2)29-24-15-23(31-32-24)18-9-11-20(27)12-10-18/h3-15H,16H2,1-2H3,(H3,28,29,30,31,32,33). The fourth-order valence-electron chi connectivity index (χ4n) is 3.28. The molecule has 0 saturated heterocycles. The Morgan fingerprint density at radius 1 is 0.971 bits per heavy atom. The first kappa shape index (κ1) is 23.5. The Bertz CT molecular complexity index is 1330. The van der Waals surface area contributed by atoms with Crippen LogP contribution < -0.4 is 20.1 Å². The predicted molar refractivity (Wildman–Crippen MR) is 132 cm³/mol. The zero-order chi connectivity index (χ0) is 24.6. The highest BCUT2D eigenvalue weighted by atomic mass is 19.1. The summed E-state index contributed by atoms with van der Waals surface area (Å²) in [5.41, 5.74) is 2.66. The molecule has 35 heavy (non-hydrogen) atoms. The molecule has 0 spiro atoms. The maximum Gasteiger partial charge on any atom is 0.280 e. The fraction of sp³-hybridized carbons (Fsp3) is 0.115. The molecule has 0 unspecified atom stereocenters. The van der Waals surface area contributed by atoms with E-state index in [1.165, 1.54) is 19.2 Å². The van der Waals surface area contributed by atoms with Crippen molar-refractivity contribution >= 4 is 17.7 Å². The van der Waals surface area contributed by atoms with Gasteiger partial charge in [-0.1, -0.05) is 18.2 Å². The summed E-state index contributed by atoms with van der Waals surface area (Å²) < 4.78 is 23.7. The number of guanidine groups is 1. The van der Waals surface area contributed by atoms with Gasteiger partial charge in [0.15, 0.2) is 0 Å². The number of hydrogen-bond donors (Lipinski definition) is 3. The Morgan fingerprint density at radius 2 is 1.69 bits per heavy atom. The molecule has 3 aromatic carbocycles. The van der Waals surface area contributed by atoms with Crippen molar-refractivity contribution in [3.05, 3.63) is 95.8 Å². The highest BCUT2D eigenvalue weighted by Crippen LogP contribution is 2.20. The minimum Gasteiger partial charge on any atom is -0.497 e. The maximum atomic E-state index is 13.2. The highest BCUT2D eigenvalue weighted by molar-refractivity contribution is 6.06. The van der Waals surface area contributed by atoms with Gasteiger partial charge in [-0.25, -0.2) is 4.39 Å². The van der Waals surface area contributed by atoms with Crippen molar-refractivity contribution in [2.75, 3.05) is 19.5 Å². The summed E-state index contributed by atoms with van der Waals surface area (Å²) in [7, 11) is 3.14. The number of rotatable bonds is 7. The number of aliphatic imine (C=N–C) groups is 1. The first-order valence-electron chi connectivity index (χ1n) is 10.8. The van der Waals surface area contributed by atoms with Crippen LogP contribution in [-0.2, 0) is 6.54 Å². The third-order valence-corrected chi connectivity index (χ3v) is 5.10. The summed E-state index contributed by atoms with van der Waals surface area (Å²) in [5, 5.41) is 13.4. The van der Waals surface area contributed by atoms with Crippen molar-refractivity contribution in [1.29, 1.82) is 0 Å². The van der Waals surface area contributed by atoms with E-state index in [1.54, 1.807) is 49.6 Å². The van der Waals surface area contributed by atoms with E-state index in [9.17, 15) is 9.18 Å². The van der Waals surface area contributed by atoms with Crippen LogP contribution in [0.3, 0.4) is 0 Å². The monoisotopic (exact) mass is 473 g/mol. The van der Waals surface area contributed by atoms with Crippen LogP contribution in [0.25, 0.3) is 11.3 Å². The molecule has 1 aromatic heterocycles. The summed E-state index contributed by atoms with van der Waals surface area (Å²) in [6, 6.07) is 22.1. The molecule has 9 heteroatoms. The molecule has 0 atom stereocenters. The van der Waals surface area contributed by atoms with E-state index in [2.05, 4.69) is 25.8 Å². The van der Waals surface area contributed by atoms with E-state index in [-0.39, 0.29) is 11.8 Å². The SMILES string of the molecule is COc1cccc(CN/C(=N/C(=O)c2cccc(OC)c2)Nc2cc(-c3ccc(F)cc3)n[nH]2)c1. The molecule has 1 amide bonds. The number of carbonyl (C=O) groups is 1. The van der Waals surface area contributed by atoms with Crippen LogP contribution in [0.1, 0.15) is 15.9 Å². The number of nitrogens with zero attached hydrogens (tertiary/aromatic N) is 2. The van der Waals surface area contributed by atoms with Gasteiger partial charge in [0, 0.05) is 23.7 Å². The molecule has 8 nitrogen and oxygen atoms in total. The molecule has 0 aliphatic heterocycles. The molecule has 0 bridgehead atoms. The Labute approximate surface area is 201 Å². The quantitative estimate of drug-likeness (QED) is 0.267. The maximum absolute atomic E-state index is 13.2. The van der Waals surface area contributed by atoms with E-state index < -0.39 is 5.91 Å². The summed E-state index contributed by atoms with van der Waals surface area (Å²) in [4.78, 5) is 17.1. The zero-order valence-electron chi connectivity index (χ0n) is 19.2. The van der Waals surface area contributed by atoms with E-state index in [4.69, 9.17) is 9.47 Å². The van der Waals surface area contributed by atoms with Crippen LogP contribution >= 0.6 is 0 Å². The topological polar surface area (TPSA) is 101 Å². The second-order valence-electron chi connectivity index (χ2n) is 7.50. The number of ether oxygens (including phenoxy) is 2. The summed E-state index contributed by atoms with van der Waals surface area (Å²) >= 11 is 0. The van der Waals surface area contributed by atoms with Crippen LogP contribution in [0.4, 0.5) is 10.2 Å². The van der Waals surface area contributed by atoms with Crippen LogP contribution in [0.2, 0.25) is 0 Å². The number of methoxy groups -OCH3 is 2. The number of aromatic nitrogens is 2. The highest BCUT2D eigenvalue weighted by Gasteiger charge is 2.11. The van der Waals surface area contributed by atoms with Crippen LogP contribution in [-0.4, -0.2) is 36.3 Å². The van der Waals surface area contributed by atoms with Crippen molar-refractivity contribution in [1.82, 2.24) is 15.5 Å². The van der Waals surface area contributed by atoms with Gasteiger partial charge < -0.3 is 20.1 Å². The van der Waals surface area contributed by atoms with E-state index in [0.29, 0.717) is 29.4 Å². The number of carbonyl (C=O) groups excluding carboxylic acids is 1. The molecule has 178 valence electrons. The van der Waals surface area contributed by atoms with Gasteiger partial charge in [0.05, 0.1) is 19.9 Å². The largest absolute Gasteiger partial charge is 0.497 e. The van der Waals surface area contributed by atoms with E-state index in [1.807, 2.05) is 24.3 Å². The number of aromatic amines is 1. The number of nitrogens with one attached hydrogen (secondary N) is 3. The minimum atomic E-state index is -0.456. The average Bonchev–Trinajstić information content (AvgIpc) is 3.36. The van der Waals surface area contributed by atoms with Crippen LogP contribution in [0.5, 0.6) is 11.5 Å². The molecule has 4 aromatic rings. The Morgan fingerprint density at radius 3 is 2.43 bits per heavy atom. The van der Waals surface area contributed by atoms with E-state index in [0.717, 1.165) is 16.9 Å². The van der Waals surface area contributed by atoms with Crippen molar-refractivity contribution in [2.24, 2.45) is 4.99 Å². The van der Waals surface area contributed by atoms with Gasteiger partial charge in [-0.2, -0.15) is 10.1 Å². The number of hydrogen-bond acceptors (Lipinski definition) is 4. The lowest BCUT2D eigenvalue weighted by Gasteiger charge is -2.12. The first-order valence-corrected chi connectivity index (χ1v) is 10.8. The second-order valence-corrected chi connectivity index (χ2v) is 7.50. The minimum absolute atomic E-state index is 0.218. The first-order chi connectivity index (χ1) is 17.0. The normalized spacial score (nSPS) is 11.1. The van der Waals surface area contributed by atoms with Crippen molar-refractivity contribution in [2.45, 2.75) is 6.54 Å². The summed E-state index contributed by atoms with van der Waals surface area (Å²) in [5.74, 6) is 1.22. The average molecular weight is 474 g/mol. The van der Waals surface area contributed by atoms with Gasteiger partial charge in [0.25, 0.3) is 5.91 Å². The summed E-state index contributed by atoms with van der Waals surface area (Å²) in [6.45, 7) is 0.382. The van der Waals surface area contributed by atoms with Gasteiger partial charge in [-0.15, -0.1) is 0 Å². The number of benzene rings is 3. The van der Waals surface area contributed by atoms with Gasteiger partial charge in [0.1, 0.15) is 23.1 Å². The third kappa shape index (κ3) is 6.23. The van der Waals surface area contributed by atoms with Crippen molar-refractivity contribution in [3.63, 3.8) is 0 Å². The van der Waals surface area contributed by atoms with Crippen LogP contribution in [0.15, 0.2) is 83.9 Å². The number of H-pyrrole nitrogens is 1. The fourth-order valence-corrected chi connectivity index (χ4v) is 3.28.